The van der Waals surface area contributed by atoms with E-state index in [2.05, 4.69) is 56.4 Å². The molecule has 1 amide bonds. The maximum absolute atomic E-state index is 11.6. The van der Waals surface area contributed by atoms with E-state index in [0.717, 1.165) is 8.96 Å². The van der Waals surface area contributed by atoms with Crippen molar-refractivity contribution in [2.45, 2.75) is 4.90 Å². The van der Waals surface area contributed by atoms with Crippen LogP contribution < -0.4 is 5.32 Å². The maximum atomic E-state index is 11.6. The first-order valence-electron chi connectivity index (χ1n) is 4.10. The maximum Gasteiger partial charge on any atom is 0.252 e. The van der Waals surface area contributed by atoms with Crippen LogP contribution in [0.3, 0.4) is 0 Å². The molecule has 0 unspecified atom stereocenters. The fraction of sp³-hybridized carbons (Fsp3) is 0.100. The summed E-state index contributed by atoms with van der Waals surface area (Å²) in [6, 6.07) is 5.30. The summed E-state index contributed by atoms with van der Waals surface area (Å²) in [5.41, 5.74) is 0.551. The van der Waals surface area contributed by atoms with Gasteiger partial charge in [0, 0.05) is 20.4 Å². The molecule has 1 rings (SSSR count). The first kappa shape index (κ1) is 12.8. The number of amides is 1. The molecule has 1 aromatic rings. The summed E-state index contributed by atoms with van der Waals surface area (Å²) in [4.78, 5) is 12.3. The number of hydrogen-bond donors (Lipinski definition) is 2. The molecule has 0 aliphatic heterocycles. The SMILES string of the molecule is C=C(Br)CNC(=O)c1ccc(Br)cc1S. The van der Waals surface area contributed by atoms with Gasteiger partial charge in [-0.25, -0.2) is 0 Å². The van der Waals surface area contributed by atoms with E-state index in [1.165, 1.54) is 0 Å². The second-order valence-corrected chi connectivity index (χ2v) is 5.38. The number of benzene rings is 1. The second-order valence-electron chi connectivity index (χ2n) is 2.86. The van der Waals surface area contributed by atoms with Gasteiger partial charge in [0.2, 0.25) is 0 Å². The van der Waals surface area contributed by atoms with Crippen molar-refractivity contribution in [1.29, 1.82) is 0 Å². The monoisotopic (exact) mass is 349 g/mol. The fourth-order valence-electron chi connectivity index (χ4n) is 0.968. The summed E-state index contributed by atoms with van der Waals surface area (Å²) >= 11 is 10.7. The first-order valence-corrected chi connectivity index (χ1v) is 6.14. The first-order chi connectivity index (χ1) is 7.00. The smallest absolute Gasteiger partial charge is 0.252 e. The van der Waals surface area contributed by atoms with Gasteiger partial charge in [0.05, 0.1) is 5.56 Å². The molecule has 0 atom stereocenters. The van der Waals surface area contributed by atoms with Crippen LogP contribution in [0.5, 0.6) is 0 Å². The van der Waals surface area contributed by atoms with E-state index in [1.807, 2.05) is 0 Å². The molecular weight excluding hydrogens is 342 g/mol. The molecule has 0 aliphatic rings. The molecule has 1 aromatic carbocycles. The summed E-state index contributed by atoms with van der Waals surface area (Å²) < 4.78 is 1.63. The highest BCUT2D eigenvalue weighted by Gasteiger charge is 2.08. The Morgan fingerprint density at radius 1 is 1.53 bits per heavy atom. The number of carbonyl (C=O) groups excluding carboxylic acids is 1. The third kappa shape index (κ3) is 4.01. The van der Waals surface area contributed by atoms with E-state index >= 15 is 0 Å². The van der Waals surface area contributed by atoms with Crippen molar-refractivity contribution in [2.75, 3.05) is 6.54 Å². The number of carbonyl (C=O) groups is 1. The van der Waals surface area contributed by atoms with Crippen molar-refractivity contribution in [2.24, 2.45) is 0 Å². The Morgan fingerprint density at radius 2 is 2.20 bits per heavy atom. The summed E-state index contributed by atoms with van der Waals surface area (Å²) in [6.45, 7) is 4.04. The Balaban J connectivity index is 2.78. The Labute approximate surface area is 111 Å². The van der Waals surface area contributed by atoms with E-state index in [-0.39, 0.29) is 5.91 Å². The lowest BCUT2D eigenvalue weighted by Gasteiger charge is -2.06. The average molecular weight is 351 g/mol. The summed E-state index contributed by atoms with van der Waals surface area (Å²) in [6.07, 6.45) is 0. The lowest BCUT2D eigenvalue weighted by atomic mass is 10.2. The molecule has 0 fully saturated rings. The average Bonchev–Trinajstić information content (AvgIpc) is 2.14. The van der Waals surface area contributed by atoms with E-state index in [9.17, 15) is 4.79 Å². The van der Waals surface area contributed by atoms with Crippen LogP contribution in [0.1, 0.15) is 10.4 Å². The Hall–Kier alpha value is -0.260. The van der Waals surface area contributed by atoms with Gasteiger partial charge in [0.1, 0.15) is 0 Å². The molecular formula is C10H9Br2NOS. The number of thiol groups is 1. The lowest BCUT2D eigenvalue weighted by Crippen LogP contribution is -2.24. The van der Waals surface area contributed by atoms with Gasteiger partial charge in [-0.3, -0.25) is 4.79 Å². The fourth-order valence-corrected chi connectivity index (χ4v) is 1.96. The third-order valence-corrected chi connectivity index (χ3v) is 2.79. The Bertz CT molecular complexity index is 406. The minimum Gasteiger partial charge on any atom is -0.347 e. The normalized spacial score (nSPS) is 9.80. The number of rotatable bonds is 3. The molecule has 1 N–H and O–H groups in total. The van der Waals surface area contributed by atoms with Crippen LogP contribution in [0.25, 0.3) is 0 Å². The molecule has 0 radical (unpaired) electrons. The summed E-state index contributed by atoms with van der Waals surface area (Å²) in [5.74, 6) is -0.159. The molecule has 0 saturated carbocycles. The van der Waals surface area contributed by atoms with Crippen molar-refractivity contribution < 1.29 is 4.79 Å². The molecule has 2 nitrogen and oxygen atoms in total. The van der Waals surface area contributed by atoms with E-state index < -0.39 is 0 Å². The van der Waals surface area contributed by atoms with Crippen molar-refractivity contribution in [1.82, 2.24) is 5.32 Å². The summed E-state index contributed by atoms with van der Waals surface area (Å²) in [5, 5.41) is 2.71. The molecule has 0 aromatic heterocycles. The van der Waals surface area contributed by atoms with Crippen LogP contribution >= 0.6 is 44.5 Å². The van der Waals surface area contributed by atoms with Gasteiger partial charge in [-0.1, -0.05) is 38.4 Å². The lowest BCUT2D eigenvalue weighted by molar-refractivity contribution is 0.0955. The molecule has 15 heavy (non-hydrogen) atoms. The van der Waals surface area contributed by atoms with Crippen LogP contribution in [0.4, 0.5) is 0 Å². The molecule has 0 bridgehead atoms. The molecule has 80 valence electrons. The highest BCUT2D eigenvalue weighted by Crippen LogP contribution is 2.19. The van der Waals surface area contributed by atoms with Crippen molar-refractivity contribution in [3.8, 4) is 0 Å². The minimum absolute atomic E-state index is 0.159. The molecule has 0 heterocycles. The van der Waals surface area contributed by atoms with Crippen molar-refractivity contribution in [3.63, 3.8) is 0 Å². The highest BCUT2D eigenvalue weighted by atomic mass is 79.9. The zero-order valence-corrected chi connectivity index (χ0v) is 11.8. The van der Waals surface area contributed by atoms with Gasteiger partial charge in [0.25, 0.3) is 5.91 Å². The van der Waals surface area contributed by atoms with E-state index in [4.69, 9.17) is 0 Å². The number of halogens is 2. The van der Waals surface area contributed by atoms with E-state index in [0.29, 0.717) is 17.0 Å². The predicted octanol–water partition coefficient (Wildman–Crippen LogP) is 3.38. The largest absolute Gasteiger partial charge is 0.347 e. The quantitative estimate of drug-likeness (QED) is 0.804. The van der Waals surface area contributed by atoms with Gasteiger partial charge >= 0.3 is 0 Å². The summed E-state index contributed by atoms with van der Waals surface area (Å²) in [7, 11) is 0. The zero-order chi connectivity index (χ0) is 11.4. The van der Waals surface area contributed by atoms with Crippen LogP contribution in [-0.4, -0.2) is 12.5 Å². The molecule has 5 heteroatoms. The van der Waals surface area contributed by atoms with Gasteiger partial charge in [-0.15, -0.1) is 12.6 Å². The van der Waals surface area contributed by atoms with Gasteiger partial charge in [0.15, 0.2) is 0 Å². The predicted molar refractivity (Wildman–Crippen MR) is 71.8 cm³/mol. The van der Waals surface area contributed by atoms with Crippen LogP contribution in [0.15, 0.2) is 38.6 Å². The third-order valence-electron chi connectivity index (χ3n) is 1.65. The highest BCUT2D eigenvalue weighted by molar-refractivity contribution is 9.11. The van der Waals surface area contributed by atoms with Gasteiger partial charge in [-0.05, 0) is 18.2 Å². The second kappa shape index (κ2) is 5.72. The van der Waals surface area contributed by atoms with Crippen molar-refractivity contribution in [3.05, 3.63) is 39.3 Å². The minimum atomic E-state index is -0.159. The Kier molecular flexibility index (Phi) is 4.89. The van der Waals surface area contributed by atoms with Gasteiger partial charge in [-0.2, -0.15) is 0 Å². The van der Waals surface area contributed by atoms with Crippen LogP contribution in [-0.2, 0) is 0 Å². The van der Waals surface area contributed by atoms with Crippen LogP contribution in [0, 0.1) is 0 Å². The number of hydrogen-bond acceptors (Lipinski definition) is 2. The topological polar surface area (TPSA) is 29.1 Å². The van der Waals surface area contributed by atoms with Crippen molar-refractivity contribution >= 4 is 50.4 Å². The number of nitrogens with one attached hydrogen (secondary N) is 1. The standard InChI is InChI=1S/C10H9Br2NOS/c1-6(11)5-13-10(14)8-3-2-7(12)4-9(8)15/h2-4,15H,1,5H2,(H,13,14). The molecule has 0 aliphatic carbocycles. The Morgan fingerprint density at radius 3 is 2.73 bits per heavy atom. The zero-order valence-electron chi connectivity index (χ0n) is 7.76. The molecule has 0 spiro atoms. The van der Waals surface area contributed by atoms with Crippen LogP contribution in [0.2, 0.25) is 0 Å². The van der Waals surface area contributed by atoms with E-state index in [1.54, 1.807) is 18.2 Å². The molecule has 0 saturated heterocycles. The van der Waals surface area contributed by atoms with Gasteiger partial charge < -0.3 is 5.32 Å².